The smallest absolute Gasteiger partial charge is 0.395 e. The van der Waals surface area contributed by atoms with Crippen LogP contribution in [0.5, 0.6) is 0 Å². The second kappa shape index (κ2) is 7.23. The number of carbonyl (C=O) groups excluding carboxylic acids is 2. The first-order valence-electron chi connectivity index (χ1n) is 11.1. The Hall–Kier alpha value is -1.59. The van der Waals surface area contributed by atoms with Crippen LogP contribution in [0.3, 0.4) is 0 Å². The number of hydrogen-bond acceptors (Lipinski definition) is 3. The lowest BCUT2D eigenvalue weighted by Crippen LogP contribution is -2.50. The number of fused-ring (bicyclic) bond motifs is 5. The number of esters is 1. The summed E-state index contributed by atoms with van der Waals surface area (Å²) in [5, 5.41) is 0. The fraction of sp³-hybridized carbons (Fsp3) is 0.750. The predicted molar refractivity (Wildman–Crippen MR) is 106 cm³/mol. The lowest BCUT2D eigenvalue weighted by atomic mass is 9.47. The van der Waals surface area contributed by atoms with Gasteiger partial charge in [-0.1, -0.05) is 19.9 Å². The van der Waals surface area contributed by atoms with Crippen LogP contribution < -0.4 is 0 Å². The molecule has 0 radical (unpaired) electrons. The van der Waals surface area contributed by atoms with Crippen LogP contribution in [0.1, 0.15) is 65.2 Å². The molecule has 0 saturated heterocycles. The Kier molecular flexibility index (Phi) is 5.22. The van der Waals surface area contributed by atoms with E-state index in [0.717, 1.165) is 37.7 Å². The molecule has 0 aromatic rings. The number of allylic oxidation sites excluding steroid dienone is 3. The first-order valence-corrected chi connectivity index (χ1v) is 11.1. The minimum atomic E-state index is -4.43. The minimum absolute atomic E-state index is 0.0180. The van der Waals surface area contributed by atoms with Crippen LogP contribution in [0.15, 0.2) is 23.3 Å². The highest BCUT2D eigenvalue weighted by atomic mass is 19.4. The van der Waals surface area contributed by atoms with Crippen molar-refractivity contribution in [3.63, 3.8) is 0 Å². The Balaban J connectivity index is 1.59. The zero-order chi connectivity index (χ0) is 21.9. The highest BCUT2D eigenvalue weighted by Gasteiger charge is 2.60. The standard InChI is InChI=1S/C24H31F3O3/c1-22-10-8-14(21(29)30-3)12-15(22)4-5-16-17-6-7-19(20(28)13-24(25,26)27)23(17,2)11-9-18(16)22/h4,12,16-19H,5-11,13H2,1-3H3/t16-,17-,18-,19+,22-,23-/m0/s1. The largest absolute Gasteiger partial charge is 0.466 e. The number of methoxy groups -OCH3 is 1. The van der Waals surface area contributed by atoms with E-state index >= 15 is 0 Å². The highest BCUT2D eigenvalue weighted by Crippen LogP contribution is 2.66. The van der Waals surface area contributed by atoms with Crippen molar-refractivity contribution in [2.24, 2.45) is 34.5 Å². The van der Waals surface area contributed by atoms with Gasteiger partial charge in [0, 0.05) is 11.5 Å². The molecule has 166 valence electrons. The van der Waals surface area contributed by atoms with Gasteiger partial charge in [-0.05, 0) is 85.2 Å². The number of ether oxygens (including phenoxy) is 1. The monoisotopic (exact) mass is 424 g/mol. The maximum absolute atomic E-state index is 12.9. The van der Waals surface area contributed by atoms with Crippen molar-refractivity contribution in [1.82, 2.24) is 0 Å². The zero-order valence-electron chi connectivity index (χ0n) is 18.0. The second-order valence-corrected chi connectivity index (χ2v) is 10.3. The summed E-state index contributed by atoms with van der Waals surface area (Å²) in [6.45, 7) is 4.35. The van der Waals surface area contributed by atoms with E-state index in [1.54, 1.807) is 0 Å². The quantitative estimate of drug-likeness (QED) is 0.538. The molecule has 3 nitrogen and oxygen atoms in total. The summed E-state index contributed by atoms with van der Waals surface area (Å²) in [4.78, 5) is 24.5. The molecule has 6 heteroatoms. The molecule has 0 aromatic carbocycles. The molecule has 0 heterocycles. The van der Waals surface area contributed by atoms with Crippen LogP contribution in [-0.4, -0.2) is 25.0 Å². The van der Waals surface area contributed by atoms with Crippen molar-refractivity contribution >= 4 is 11.8 Å². The van der Waals surface area contributed by atoms with Crippen molar-refractivity contribution < 1.29 is 27.5 Å². The van der Waals surface area contributed by atoms with Gasteiger partial charge < -0.3 is 4.74 Å². The Morgan fingerprint density at radius 1 is 1.13 bits per heavy atom. The first-order chi connectivity index (χ1) is 14.0. The molecule has 4 aliphatic carbocycles. The summed E-state index contributed by atoms with van der Waals surface area (Å²) in [7, 11) is 1.40. The van der Waals surface area contributed by atoms with Gasteiger partial charge >= 0.3 is 12.1 Å². The Bertz CT molecular complexity index is 811. The highest BCUT2D eigenvalue weighted by molar-refractivity contribution is 5.89. The number of alkyl halides is 3. The molecule has 2 saturated carbocycles. The van der Waals surface area contributed by atoms with Crippen molar-refractivity contribution in [3.8, 4) is 0 Å². The molecule has 0 aliphatic heterocycles. The minimum Gasteiger partial charge on any atom is -0.466 e. The molecule has 0 bridgehead atoms. The maximum Gasteiger partial charge on any atom is 0.395 e. The van der Waals surface area contributed by atoms with Crippen LogP contribution in [-0.2, 0) is 14.3 Å². The normalized spacial score (nSPS) is 40.5. The topological polar surface area (TPSA) is 43.4 Å². The van der Waals surface area contributed by atoms with E-state index in [4.69, 9.17) is 4.74 Å². The van der Waals surface area contributed by atoms with Gasteiger partial charge in [-0.2, -0.15) is 13.2 Å². The Morgan fingerprint density at radius 2 is 1.87 bits per heavy atom. The molecule has 0 aromatic heterocycles. The Labute approximate surface area is 176 Å². The van der Waals surface area contributed by atoms with Gasteiger partial charge in [-0.25, -0.2) is 4.79 Å². The lowest BCUT2D eigenvalue weighted by molar-refractivity contribution is -0.159. The maximum atomic E-state index is 12.9. The molecular weight excluding hydrogens is 393 g/mol. The van der Waals surface area contributed by atoms with Crippen molar-refractivity contribution in [2.75, 3.05) is 7.11 Å². The molecular formula is C24H31F3O3. The average Bonchev–Trinajstić information content (AvgIpc) is 3.02. The molecule has 4 aliphatic rings. The fourth-order valence-electron chi connectivity index (χ4n) is 7.47. The van der Waals surface area contributed by atoms with Crippen LogP contribution in [0, 0.1) is 34.5 Å². The van der Waals surface area contributed by atoms with Crippen molar-refractivity contribution in [3.05, 3.63) is 23.3 Å². The van der Waals surface area contributed by atoms with Crippen LogP contribution in [0.4, 0.5) is 13.2 Å². The molecule has 4 rings (SSSR count). The van der Waals surface area contributed by atoms with E-state index < -0.39 is 24.3 Å². The van der Waals surface area contributed by atoms with Gasteiger partial charge in [0.05, 0.1) is 7.11 Å². The molecule has 30 heavy (non-hydrogen) atoms. The third kappa shape index (κ3) is 3.34. The molecule has 0 amide bonds. The number of hydrogen-bond donors (Lipinski definition) is 0. The summed E-state index contributed by atoms with van der Waals surface area (Å²) in [5.74, 6) is -0.221. The second-order valence-electron chi connectivity index (χ2n) is 10.3. The third-order valence-corrected chi connectivity index (χ3v) is 8.98. The average molecular weight is 425 g/mol. The summed E-state index contributed by atoms with van der Waals surface area (Å²) >= 11 is 0. The van der Waals surface area contributed by atoms with Crippen LogP contribution in [0.25, 0.3) is 0 Å². The van der Waals surface area contributed by atoms with Gasteiger partial charge in [-0.15, -0.1) is 0 Å². The number of carbonyl (C=O) groups is 2. The number of rotatable bonds is 3. The molecule has 6 atom stereocenters. The molecule has 0 unspecified atom stereocenters. The fourth-order valence-corrected chi connectivity index (χ4v) is 7.47. The van der Waals surface area contributed by atoms with E-state index in [9.17, 15) is 22.8 Å². The number of Topliss-reactive ketones (excluding diaryl/α,β-unsaturated/α-hetero) is 1. The van der Waals surface area contributed by atoms with E-state index in [-0.39, 0.29) is 16.8 Å². The van der Waals surface area contributed by atoms with Gasteiger partial charge in [0.1, 0.15) is 12.2 Å². The SMILES string of the molecule is COC(=O)C1=CC2=CC[C@H]3[C@@H]4CC[C@H](C(=O)CC(F)(F)F)[C@@]4(C)CC[C@@H]3[C@@]2(C)CC1. The van der Waals surface area contributed by atoms with E-state index in [2.05, 4.69) is 19.9 Å². The Morgan fingerprint density at radius 3 is 2.53 bits per heavy atom. The summed E-state index contributed by atoms with van der Waals surface area (Å²) < 4.78 is 43.5. The van der Waals surface area contributed by atoms with E-state index in [1.165, 1.54) is 12.7 Å². The van der Waals surface area contributed by atoms with Crippen molar-refractivity contribution in [2.45, 2.75) is 71.4 Å². The summed E-state index contributed by atoms with van der Waals surface area (Å²) in [5.41, 5.74) is 1.59. The van der Waals surface area contributed by atoms with Crippen LogP contribution >= 0.6 is 0 Å². The number of ketones is 1. The lowest BCUT2D eigenvalue weighted by Gasteiger charge is -2.57. The van der Waals surface area contributed by atoms with Gasteiger partial charge in [0.15, 0.2) is 0 Å². The van der Waals surface area contributed by atoms with Crippen LogP contribution in [0.2, 0.25) is 0 Å². The molecule has 0 spiro atoms. The van der Waals surface area contributed by atoms with Gasteiger partial charge in [0.25, 0.3) is 0 Å². The van der Waals surface area contributed by atoms with Gasteiger partial charge in [0.2, 0.25) is 0 Å². The zero-order valence-corrected chi connectivity index (χ0v) is 18.0. The third-order valence-electron chi connectivity index (χ3n) is 8.98. The predicted octanol–water partition coefficient (Wildman–Crippen LogP) is 5.80. The van der Waals surface area contributed by atoms with E-state index in [0.29, 0.717) is 30.6 Å². The summed E-state index contributed by atoms with van der Waals surface area (Å²) in [6.07, 6.45) is 4.14. The van der Waals surface area contributed by atoms with Crippen molar-refractivity contribution in [1.29, 1.82) is 0 Å². The van der Waals surface area contributed by atoms with E-state index in [1.807, 2.05) is 6.08 Å². The van der Waals surface area contributed by atoms with Gasteiger partial charge in [-0.3, -0.25) is 4.79 Å². The summed E-state index contributed by atoms with van der Waals surface area (Å²) in [6, 6.07) is 0. The molecule has 2 fully saturated rings. The first kappa shape index (κ1) is 21.6. The number of halogens is 3. The molecule has 0 N–H and O–H groups in total.